The lowest BCUT2D eigenvalue weighted by Gasteiger charge is -2.17. The largest absolute Gasteiger partial charge is 0.433 e. The quantitative estimate of drug-likeness (QED) is 0.352. The van der Waals surface area contributed by atoms with Crippen molar-refractivity contribution in [1.82, 2.24) is 0 Å². The van der Waals surface area contributed by atoms with E-state index in [9.17, 15) is 4.79 Å². The van der Waals surface area contributed by atoms with E-state index in [4.69, 9.17) is 19.3 Å². The van der Waals surface area contributed by atoms with Gasteiger partial charge in [-0.15, -0.1) is 0 Å². The molecule has 5 heteroatoms. The molecule has 0 rings (SSSR count). The highest BCUT2D eigenvalue weighted by Crippen LogP contribution is 1.99. The van der Waals surface area contributed by atoms with Gasteiger partial charge in [-0.3, -0.25) is 4.79 Å². The van der Waals surface area contributed by atoms with Crippen LogP contribution in [0.4, 0.5) is 0 Å². The molecule has 0 aromatic heterocycles. The van der Waals surface area contributed by atoms with Crippen LogP contribution >= 0.6 is 0 Å². The Hall–Kier alpha value is -0.650. The van der Waals surface area contributed by atoms with Crippen molar-refractivity contribution in [1.29, 1.82) is 0 Å². The van der Waals surface area contributed by atoms with Crippen LogP contribution in [0.15, 0.2) is 0 Å². The number of hydrogen-bond donors (Lipinski definition) is 1. The summed E-state index contributed by atoms with van der Waals surface area (Å²) in [6, 6.07) is 0. The van der Waals surface area contributed by atoms with Crippen LogP contribution in [-0.2, 0) is 19.0 Å². The number of esters is 1. The fourth-order valence-electron chi connectivity index (χ4n) is 0.904. The van der Waals surface area contributed by atoms with Gasteiger partial charge < -0.3 is 19.3 Å². The van der Waals surface area contributed by atoms with Gasteiger partial charge in [0, 0.05) is 6.92 Å². The summed E-state index contributed by atoms with van der Waals surface area (Å²) in [5, 5.41) is 8.50. The third-order valence-corrected chi connectivity index (χ3v) is 1.59. The zero-order valence-electron chi connectivity index (χ0n) is 9.40. The molecule has 0 bridgehead atoms. The summed E-state index contributed by atoms with van der Waals surface area (Å²) >= 11 is 0. The first-order valence-electron chi connectivity index (χ1n) is 5.18. The molecular weight excluding hydrogens is 200 g/mol. The van der Waals surface area contributed by atoms with Gasteiger partial charge in [-0.2, -0.15) is 0 Å². The third-order valence-electron chi connectivity index (χ3n) is 1.59. The monoisotopic (exact) mass is 220 g/mol. The molecule has 0 amide bonds. The molecule has 0 aliphatic heterocycles. The minimum Gasteiger partial charge on any atom is -0.433 e. The lowest BCUT2D eigenvalue weighted by molar-refractivity contribution is -0.189. The predicted molar refractivity (Wildman–Crippen MR) is 54.3 cm³/mol. The maximum atomic E-state index is 10.7. The van der Waals surface area contributed by atoms with E-state index in [1.165, 1.54) is 6.92 Å². The topological polar surface area (TPSA) is 65.0 Å². The molecule has 1 unspecified atom stereocenters. The maximum absolute atomic E-state index is 10.7. The SMILES string of the molecule is CCCCOC(COCCO)OC(C)=O. The summed E-state index contributed by atoms with van der Waals surface area (Å²) in [5.74, 6) is -0.399. The Morgan fingerprint density at radius 3 is 2.67 bits per heavy atom. The van der Waals surface area contributed by atoms with Crippen molar-refractivity contribution in [2.45, 2.75) is 33.0 Å². The zero-order chi connectivity index (χ0) is 11.5. The summed E-state index contributed by atoms with van der Waals surface area (Å²) in [6.07, 6.45) is 1.27. The summed E-state index contributed by atoms with van der Waals surface area (Å²) in [4.78, 5) is 10.7. The van der Waals surface area contributed by atoms with Crippen molar-refractivity contribution in [2.75, 3.05) is 26.4 Å². The van der Waals surface area contributed by atoms with E-state index in [-0.39, 0.29) is 19.8 Å². The molecule has 1 N–H and O–H groups in total. The van der Waals surface area contributed by atoms with Crippen LogP contribution in [-0.4, -0.2) is 43.8 Å². The van der Waals surface area contributed by atoms with E-state index in [0.29, 0.717) is 6.61 Å². The van der Waals surface area contributed by atoms with Crippen LogP contribution < -0.4 is 0 Å². The van der Waals surface area contributed by atoms with Crippen LogP contribution in [0.5, 0.6) is 0 Å². The smallest absolute Gasteiger partial charge is 0.305 e. The number of rotatable bonds is 9. The summed E-state index contributed by atoms with van der Waals surface area (Å²) in [5.41, 5.74) is 0. The lowest BCUT2D eigenvalue weighted by atomic mass is 10.4. The molecule has 0 aromatic carbocycles. The van der Waals surface area contributed by atoms with Crippen LogP contribution in [0.1, 0.15) is 26.7 Å². The third kappa shape index (κ3) is 9.65. The highest BCUT2D eigenvalue weighted by atomic mass is 16.7. The molecule has 90 valence electrons. The van der Waals surface area contributed by atoms with Crippen LogP contribution in [0.3, 0.4) is 0 Å². The zero-order valence-corrected chi connectivity index (χ0v) is 9.40. The van der Waals surface area contributed by atoms with E-state index in [1.54, 1.807) is 0 Å². The Kier molecular flexibility index (Phi) is 9.46. The van der Waals surface area contributed by atoms with Gasteiger partial charge in [-0.05, 0) is 6.42 Å². The van der Waals surface area contributed by atoms with Crippen LogP contribution in [0.25, 0.3) is 0 Å². The Morgan fingerprint density at radius 1 is 1.40 bits per heavy atom. The van der Waals surface area contributed by atoms with Gasteiger partial charge in [0.2, 0.25) is 6.29 Å². The van der Waals surface area contributed by atoms with Crippen molar-refractivity contribution in [2.24, 2.45) is 0 Å². The maximum Gasteiger partial charge on any atom is 0.305 e. The molecule has 0 aliphatic carbocycles. The summed E-state index contributed by atoms with van der Waals surface area (Å²) in [6.45, 7) is 4.23. The molecule has 15 heavy (non-hydrogen) atoms. The molecular formula is C10H20O5. The number of aliphatic hydroxyl groups is 1. The predicted octanol–water partition coefficient (Wildman–Crippen LogP) is 0.701. The molecule has 0 saturated carbocycles. The molecule has 0 saturated heterocycles. The van der Waals surface area contributed by atoms with Crippen LogP contribution in [0, 0.1) is 0 Å². The fourth-order valence-corrected chi connectivity index (χ4v) is 0.904. The lowest BCUT2D eigenvalue weighted by Crippen LogP contribution is -2.26. The number of hydrogen-bond acceptors (Lipinski definition) is 5. The molecule has 0 radical (unpaired) electrons. The van der Waals surface area contributed by atoms with Gasteiger partial charge in [0.05, 0.1) is 19.8 Å². The standard InChI is InChI=1S/C10H20O5/c1-3-4-6-14-10(15-9(2)12)8-13-7-5-11/h10-11H,3-8H2,1-2H3. The first-order chi connectivity index (χ1) is 7.20. The molecule has 5 nitrogen and oxygen atoms in total. The van der Waals surface area contributed by atoms with Crippen molar-refractivity contribution in [3.05, 3.63) is 0 Å². The molecule has 1 atom stereocenters. The average molecular weight is 220 g/mol. The van der Waals surface area contributed by atoms with Gasteiger partial charge in [0.25, 0.3) is 0 Å². The Labute approximate surface area is 90.3 Å². The fraction of sp³-hybridized carbons (Fsp3) is 0.900. The number of carbonyl (C=O) groups is 1. The minimum absolute atomic E-state index is 0.0538. The van der Waals surface area contributed by atoms with Gasteiger partial charge in [-0.1, -0.05) is 13.3 Å². The Balaban J connectivity index is 3.68. The second-order valence-electron chi connectivity index (χ2n) is 3.06. The van der Waals surface area contributed by atoms with Gasteiger partial charge in [-0.25, -0.2) is 0 Å². The first-order valence-corrected chi connectivity index (χ1v) is 5.18. The molecule has 0 heterocycles. The molecule has 0 fully saturated rings. The normalized spacial score (nSPS) is 12.5. The van der Waals surface area contributed by atoms with E-state index < -0.39 is 12.3 Å². The molecule has 0 aromatic rings. The van der Waals surface area contributed by atoms with E-state index in [2.05, 4.69) is 0 Å². The van der Waals surface area contributed by atoms with Crippen molar-refractivity contribution < 1.29 is 24.1 Å². The Morgan fingerprint density at radius 2 is 2.13 bits per heavy atom. The van der Waals surface area contributed by atoms with E-state index >= 15 is 0 Å². The van der Waals surface area contributed by atoms with Crippen molar-refractivity contribution in [3.8, 4) is 0 Å². The Bertz CT molecular complexity index is 150. The highest BCUT2D eigenvalue weighted by Gasteiger charge is 2.11. The summed E-state index contributed by atoms with van der Waals surface area (Å²) < 4.78 is 15.2. The van der Waals surface area contributed by atoms with E-state index in [0.717, 1.165) is 12.8 Å². The second-order valence-corrected chi connectivity index (χ2v) is 3.06. The average Bonchev–Trinajstić information content (AvgIpc) is 2.17. The van der Waals surface area contributed by atoms with Crippen molar-refractivity contribution >= 4 is 5.97 Å². The van der Waals surface area contributed by atoms with Gasteiger partial charge in [0.1, 0.15) is 6.61 Å². The van der Waals surface area contributed by atoms with Crippen molar-refractivity contribution in [3.63, 3.8) is 0 Å². The van der Waals surface area contributed by atoms with E-state index in [1.807, 2.05) is 6.92 Å². The minimum atomic E-state index is -0.666. The highest BCUT2D eigenvalue weighted by molar-refractivity contribution is 5.66. The van der Waals surface area contributed by atoms with Gasteiger partial charge in [0.15, 0.2) is 0 Å². The first kappa shape index (κ1) is 14.3. The molecule has 0 spiro atoms. The van der Waals surface area contributed by atoms with Crippen LogP contribution in [0.2, 0.25) is 0 Å². The number of carbonyl (C=O) groups excluding carboxylic acids is 1. The number of aliphatic hydroxyl groups excluding tert-OH is 1. The molecule has 0 aliphatic rings. The second kappa shape index (κ2) is 9.89. The number of ether oxygens (including phenoxy) is 3. The van der Waals surface area contributed by atoms with Gasteiger partial charge >= 0.3 is 5.97 Å². The number of unbranched alkanes of at least 4 members (excludes halogenated alkanes) is 1. The summed E-state index contributed by atoms with van der Waals surface area (Å²) in [7, 11) is 0.